The number of aryl methyl sites for hydroxylation is 1. The number of para-hydroxylation sites is 1. The van der Waals surface area contributed by atoms with Crippen LogP contribution in [0.1, 0.15) is 31.2 Å². The summed E-state index contributed by atoms with van der Waals surface area (Å²) >= 11 is 5.93. The second-order valence-electron chi connectivity index (χ2n) is 7.57. The van der Waals surface area contributed by atoms with Crippen molar-refractivity contribution in [2.75, 3.05) is 18.4 Å². The number of benzene rings is 2. The summed E-state index contributed by atoms with van der Waals surface area (Å²) in [7, 11) is 0. The molecule has 0 radical (unpaired) electrons. The van der Waals surface area contributed by atoms with E-state index in [1.54, 1.807) is 0 Å². The molecule has 1 saturated heterocycles. The van der Waals surface area contributed by atoms with Crippen LogP contribution in [0.2, 0.25) is 5.02 Å². The van der Waals surface area contributed by atoms with Gasteiger partial charge in [0.1, 0.15) is 0 Å². The Morgan fingerprint density at radius 2 is 1.90 bits per heavy atom. The lowest BCUT2D eigenvalue weighted by atomic mass is 9.95. The first-order chi connectivity index (χ1) is 14.6. The third-order valence-corrected chi connectivity index (χ3v) is 5.80. The number of likely N-dealkylation sites (tertiary alicyclic amines) is 1. The minimum absolute atomic E-state index is 0.0264. The number of hydrogen-bond donors (Lipinski definition) is 1. The summed E-state index contributed by atoms with van der Waals surface area (Å²) in [6, 6.07) is 15.3. The van der Waals surface area contributed by atoms with Crippen LogP contribution in [-0.4, -0.2) is 34.0 Å². The Morgan fingerprint density at radius 3 is 2.63 bits per heavy atom. The van der Waals surface area contributed by atoms with Gasteiger partial charge in [-0.25, -0.2) is 0 Å². The first-order valence-electron chi connectivity index (χ1n) is 10.3. The summed E-state index contributed by atoms with van der Waals surface area (Å²) < 4.78 is 5.42. The molecule has 0 saturated carbocycles. The highest BCUT2D eigenvalue weighted by molar-refractivity contribution is 6.30. The number of rotatable bonds is 6. The highest BCUT2D eigenvalue weighted by Crippen LogP contribution is 2.23. The highest BCUT2D eigenvalue weighted by atomic mass is 35.5. The first-order valence-corrected chi connectivity index (χ1v) is 10.7. The standard InChI is InChI=1S/C23H25ClN4O2/c1-2-16-5-3-4-6-20(16)25-23(29)18-11-13-28(14-12-18)15-21-26-22(27-30-21)17-7-9-19(24)10-8-17/h3-10,18H,2,11-15H2,1H3,(H,25,29). The summed E-state index contributed by atoms with van der Waals surface area (Å²) in [5.41, 5.74) is 2.96. The van der Waals surface area contributed by atoms with E-state index in [4.69, 9.17) is 16.1 Å². The number of anilines is 1. The Labute approximate surface area is 181 Å². The third kappa shape index (κ3) is 4.89. The summed E-state index contributed by atoms with van der Waals surface area (Å²) in [5, 5.41) is 7.86. The SMILES string of the molecule is CCc1ccccc1NC(=O)C1CCN(Cc2nc(-c3ccc(Cl)cc3)no2)CC1. The zero-order valence-corrected chi connectivity index (χ0v) is 17.7. The molecule has 1 N–H and O–H groups in total. The summed E-state index contributed by atoms with van der Waals surface area (Å²) in [6.07, 6.45) is 2.54. The van der Waals surface area contributed by atoms with Crippen molar-refractivity contribution in [3.05, 3.63) is 65.0 Å². The van der Waals surface area contributed by atoms with Crippen molar-refractivity contribution in [3.63, 3.8) is 0 Å². The summed E-state index contributed by atoms with van der Waals surface area (Å²) in [6.45, 7) is 4.34. The average molecular weight is 425 g/mol. The molecule has 2 aromatic carbocycles. The van der Waals surface area contributed by atoms with Gasteiger partial charge in [0.05, 0.1) is 6.54 Å². The van der Waals surface area contributed by atoms with Crippen molar-refractivity contribution < 1.29 is 9.32 Å². The second kappa shape index (κ2) is 9.41. The van der Waals surface area contributed by atoms with Gasteiger partial charge in [-0.3, -0.25) is 9.69 Å². The number of piperidine rings is 1. The number of halogens is 1. The van der Waals surface area contributed by atoms with Gasteiger partial charge in [0.25, 0.3) is 0 Å². The first kappa shape index (κ1) is 20.6. The van der Waals surface area contributed by atoms with Gasteiger partial charge in [-0.1, -0.05) is 41.9 Å². The van der Waals surface area contributed by atoms with Crippen LogP contribution in [-0.2, 0) is 17.8 Å². The molecular weight excluding hydrogens is 400 g/mol. The molecule has 3 aromatic rings. The number of carbonyl (C=O) groups is 1. The molecule has 0 unspecified atom stereocenters. The minimum Gasteiger partial charge on any atom is -0.338 e. The number of hydrogen-bond acceptors (Lipinski definition) is 5. The minimum atomic E-state index is 0.0264. The van der Waals surface area contributed by atoms with Crippen molar-refractivity contribution in [2.24, 2.45) is 5.92 Å². The molecule has 1 aromatic heterocycles. The molecule has 4 rings (SSSR count). The molecule has 6 nitrogen and oxygen atoms in total. The molecular formula is C23H25ClN4O2. The maximum atomic E-state index is 12.7. The zero-order chi connectivity index (χ0) is 20.9. The Morgan fingerprint density at radius 1 is 1.17 bits per heavy atom. The normalized spacial score (nSPS) is 15.3. The fourth-order valence-corrected chi connectivity index (χ4v) is 3.89. The maximum absolute atomic E-state index is 12.7. The van der Waals surface area contributed by atoms with Gasteiger partial charge >= 0.3 is 0 Å². The van der Waals surface area contributed by atoms with E-state index < -0.39 is 0 Å². The van der Waals surface area contributed by atoms with Gasteiger partial charge in [0.2, 0.25) is 17.6 Å². The van der Waals surface area contributed by atoms with E-state index in [0.29, 0.717) is 23.3 Å². The Hall–Kier alpha value is -2.70. The van der Waals surface area contributed by atoms with Crippen LogP contribution in [0.5, 0.6) is 0 Å². The molecule has 1 aliphatic rings. The molecule has 1 amide bonds. The summed E-state index contributed by atoms with van der Waals surface area (Å²) in [4.78, 5) is 19.4. The lowest BCUT2D eigenvalue weighted by Crippen LogP contribution is -2.37. The van der Waals surface area contributed by atoms with E-state index in [1.807, 2.05) is 42.5 Å². The molecule has 30 heavy (non-hydrogen) atoms. The molecule has 156 valence electrons. The van der Waals surface area contributed by atoms with Crippen molar-refractivity contribution in [1.29, 1.82) is 0 Å². The van der Waals surface area contributed by atoms with Gasteiger partial charge < -0.3 is 9.84 Å². The summed E-state index contributed by atoms with van der Waals surface area (Å²) in [5.74, 6) is 1.28. The predicted molar refractivity (Wildman–Crippen MR) is 117 cm³/mol. The van der Waals surface area contributed by atoms with E-state index >= 15 is 0 Å². The lowest BCUT2D eigenvalue weighted by molar-refractivity contribution is -0.121. The molecule has 0 atom stereocenters. The predicted octanol–water partition coefficient (Wildman–Crippen LogP) is 4.80. The fourth-order valence-electron chi connectivity index (χ4n) is 3.77. The van der Waals surface area contributed by atoms with Crippen LogP contribution in [0, 0.1) is 5.92 Å². The van der Waals surface area contributed by atoms with E-state index in [0.717, 1.165) is 49.2 Å². The van der Waals surface area contributed by atoms with E-state index in [-0.39, 0.29) is 11.8 Å². The van der Waals surface area contributed by atoms with Crippen molar-refractivity contribution in [1.82, 2.24) is 15.0 Å². The van der Waals surface area contributed by atoms with E-state index in [9.17, 15) is 4.79 Å². The van der Waals surface area contributed by atoms with Gasteiger partial charge in [0.15, 0.2) is 0 Å². The largest absolute Gasteiger partial charge is 0.338 e. The van der Waals surface area contributed by atoms with Crippen LogP contribution in [0.4, 0.5) is 5.69 Å². The van der Waals surface area contributed by atoms with Crippen LogP contribution in [0.3, 0.4) is 0 Å². The van der Waals surface area contributed by atoms with Gasteiger partial charge in [-0.05, 0) is 68.2 Å². The third-order valence-electron chi connectivity index (χ3n) is 5.54. The lowest BCUT2D eigenvalue weighted by Gasteiger charge is -2.30. The van der Waals surface area contributed by atoms with E-state index in [2.05, 4.69) is 33.3 Å². The molecule has 1 fully saturated rings. The number of amides is 1. The highest BCUT2D eigenvalue weighted by Gasteiger charge is 2.26. The Balaban J connectivity index is 1.29. The smallest absolute Gasteiger partial charge is 0.241 e. The maximum Gasteiger partial charge on any atom is 0.241 e. The van der Waals surface area contributed by atoms with E-state index in [1.165, 1.54) is 0 Å². The topological polar surface area (TPSA) is 71.3 Å². The van der Waals surface area contributed by atoms with Crippen LogP contribution < -0.4 is 5.32 Å². The average Bonchev–Trinajstić information content (AvgIpc) is 3.23. The number of nitrogens with one attached hydrogen (secondary N) is 1. The molecule has 1 aliphatic heterocycles. The monoisotopic (exact) mass is 424 g/mol. The van der Waals surface area contributed by atoms with Crippen LogP contribution in [0.25, 0.3) is 11.4 Å². The Bertz CT molecular complexity index is 994. The van der Waals surface area contributed by atoms with Gasteiger partial charge in [-0.15, -0.1) is 0 Å². The second-order valence-corrected chi connectivity index (χ2v) is 8.01. The Kier molecular flexibility index (Phi) is 6.45. The fraction of sp³-hybridized carbons (Fsp3) is 0.348. The molecule has 2 heterocycles. The number of nitrogens with zero attached hydrogens (tertiary/aromatic N) is 3. The van der Waals surface area contributed by atoms with Crippen molar-refractivity contribution >= 4 is 23.2 Å². The quantitative estimate of drug-likeness (QED) is 0.615. The molecule has 0 bridgehead atoms. The molecule has 0 spiro atoms. The van der Waals surface area contributed by atoms with Crippen molar-refractivity contribution in [2.45, 2.75) is 32.7 Å². The number of carbonyl (C=O) groups excluding carboxylic acids is 1. The van der Waals surface area contributed by atoms with Crippen molar-refractivity contribution in [3.8, 4) is 11.4 Å². The number of aromatic nitrogens is 2. The van der Waals surface area contributed by atoms with Gasteiger partial charge in [-0.2, -0.15) is 4.98 Å². The molecule has 7 heteroatoms. The van der Waals surface area contributed by atoms with Crippen LogP contribution in [0.15, 0.2) is 53.1 Å². The van der Waals surface area contributed by atoms with Crippen LogP contribution >= 0.6 is 11.6 Å². The molecule has 0 aliphatic carbocycles. The van der Waals surface area contributed by atoms with Gasteiger partial charge in [0, 0.05) is 22.2 Å². The zero-order valence-electron chi connectivity index (χ0n) is 17.0.